The first-order valence-corrected chi connectivity index (χ1v) is 5.68. The molecule has 0 saturated carbocycles. The van der Waals surface area contributed by atoms with Crippen molar-refractivity contribution in [2.24, 2.45) is 0 Å². The molecule has 102 valence electrons. The van der Waals surface area contributed by atoms with Crippen molar-refractivity contribution in [3.05, 3.63) is 41.2 Å². The molecule has 0 fully saturated rings. The van der Waals surface area contributed by atoms with Crippen molar-refractivity contribution in [2.45, 2.75) is 19.3 Å². The average Bonchev–Trinajstić information content (AvgIpc) is 2.37. The first-order valence-electron chi connectivity index (χ1n) is 5.68. The molecule has 1 N–H and O–H groups in total. The number of hydrogen-bond donors (Lipinski definition) is 1. The minimum absolute atomic E-state index is 0.0880. The second-order valence-electron chi connectivity index (χ2n) is 3.84. The number of aliphatic hydroxyl groups is 1. The molecule has 1 heterocycles. The van der Waals surface area contributed by atoms with E-state index < -0.39 is 29.7 Å². The zero-order chi connectivity index (χ0) is 14.3. The Labute approximate surface area is 108 Å². The van der Waals surface area contributed by atoms with Gasteiger partial charge in [0.05, 0.1) is 0 Å². The van der Waals surface area contributed by atoms with Crippen LogP contribution in [0.2, 0.25) is 0 Å². The second kappa shape index (κ2) is 7.48. The van der Waals surface area contributed by atoms with Crippen LogP contribution in [0.4, 0.5) is 8.78 Å². The maximum Gasteiger partial charge on any atom is 0.226 e. The number of nitrogens with zero attached hydrogens (tertiary/aromatic N) is 1. The fourth-order valence-corrected chi connectivity index (χ4v) is 1.44. The summed E-state index contributed by atoms with van der Waals surface area (Å²) in [4.78, 5) is 24.6. The molecule has 0 aliphatic carbocycles. The van der Waals surface area contributed by atoms with Gasteiger partial charge < -0.3 is 5.11 Å². The van der Waals surface area contributed by atoms with E-state index in [2.05, 4.69) is 4.98 Å². The maximum absolute atomic E-state index is 13.2. The number of hydrogen-bond acceptors (Lipinski definition) is 4. The average molecular weight is 269 g/mol. The summed E-state index contributed by atoms with van der Waals surface area (Å²) in [6.45, 7) is -0.540. The van der Waals surface area contributed by atoms with Crippen molar-refractivity contribution in [2.75, 3.05) is 6.61 Å². The third kappa shape index (κ3) is 4.67. The summed E-state index contributed by atoms with van der Waals surface area (Å²) < 4.78 is 26.4. The fraction of sp³-hybridized carbons (Fsp3) is 0.308. The predicted octanol–water partition coefficient (Wildman–Crippen LogP) is 1.61. The normalized spacial score (nSPS) is 10.9. The van der Waals surface area contributed by atoms with Crippen LogP contribution in [-0.4, -0.2) is 28.8 Å². The minimum atomic E-state index is -1.11. The first kappa shape index (κ1) is 15.1. The lowest BCUT2D eigenvalue weighted by molar-refractivity contribution is -0.117. The number of aromatic nitrogens is 1. The first-order chi connectivity index (χ1) is 9.08. The van der Waals surface area contributed by atoms with Crippen LogP contribution in [0.25, 0.3) is 0 Å². The van der Waals surface area contributed by atoms with E-state index in [1.54, 1.807) is 6.08 Å². The van der Waals surface area contributed by atoms with Gasteiger partial charge >= 0.3 is 0 Å². The van der Waals surface area contributed by atoms with Gasteiger partial charge in [-0.15, -0.1) is 0 Å². The van der Waals surface area contributed by atoms with Crippen molar-refractivity contribution in [3.8, 4) is 0 Å². The van der Waals surface area contributed by atoms with E-state index in [0.29, 0.717) is 19.3 Å². The summed E-state index contributed by atoms with van der Waals surface area (Å²) in [5.41, 5.74) is -0.459. The molecule has 0 saturated heterocycles. The molecule has 19 heavy (non-hydrogen) atoms. The molecule has 0 amide bonds. The molecule has 0 aliphatic rings. The SMILES string of the molecule is O=Cc1c(F)cc(CCC/C=C\C(=O)CO)nc1F. The Morgan fingerprint density at radius 1 is 1.42 bits per heavy atom. The topological polar surface area (TPSA) is 67.3 Å². The van der Waals surface area contributed by atoms with E-state index in [-0.39, 0.29) is 12.0 Å². The van der Waals surface area contributed by atoms with Crippen molar-refractivity contribution in [3.63, 3.8) is 0 Å². The van der Waals surface area contributed by atoms with Crippen LogP contribution in [0.3, 0.4) is 0 Å². The number of ketones is 1. The van der Waals surface area contributed by atoms with Gasteiger partial charge in [0.2, 0.25) is 5.95 Å². The number of aryl methyl sites for hydroxylation is 1. The Hall–Kier alpha value is -1.95. The number of aliphatic hydroxyl groups excluding tert-OH is 1. The lowest BCUT2D eigenvalue weighted by atomic mass is 10.1. The number of halogens is 2. The summed E-state index contributed by atoms with van der Waals surface area (Å²) in [6, 6.07) is 1.02. The quantitative estimate of drug-likeness (QED) is 0.353. The molecule has 1 rings (SSSR count). The van der Waals surface area contributed by atoms with Gasteiger partial charge in [-0.1, -0.05) is 6.08 Å². The molecule has 0 aliphatic heterocycles. The largest absolute Gasteiger partial charge is 0.388 e. The number of rotatable bonds is 7. The lowest BCUT2D eigenvalue weighted by Gasteiger charge is -2.02. The van der Waals surface area contributed by atoms with E-state index in [1.807, 2.05) is 0 Å². The van der Waals surface area contributed by atoms with Crippen LogP contribution in [0, 0.1) is 11.8 Å². The van der Waals surface area contributed by atoms with Crippen LogP contribution in [0.1, 0.15) is 28.9 Å². The van der Waals surface area contributed by atoms with Gasteiger partial charge in [0.1, 0.15) is 18.0 Å². The molecule has 1 aromatic rings. The van der Waals surface area contributed by atoms with Gasteiger partial charge in [-0.3, -0.25) is 9.59 Å². The molecule has 0 atom stereocenters. The van der Waals surface area contributed by atoms with Gasteiger partial charge in [0, 0.05) is 5.69 Å². The molecule has 0 unspecified atom stereocenters. The third-order valence-electron chi connectivity index (χ3n) is 2.40. The molecule has 0 radical (unpaired) electrons. The highest BCUT2D eigenvalue weighted by atomic mass is 19.1. The van der Waals surface area contributed by atoms with Crippen LogP contribution < -0.4 is 0 Å². The zero-order valence-electron chi connectivity index (χ0n) is 10.1. The Morgan fingerprint density at radius 2 is 2.16 bits per heavy atom. The van der Waals surface area contributed by atoms with Crippen LogP contribution in [0.15, 0.2) is 18.2 Å². The predicted molar refractivity (Wildman–Crippen MR) is 63.7 cm³/mol. The minimum Gasteiger partial charge on any atom is -0.388 e. The van der Waals surface area contributed by atoms with Gasteiger partial charge in [0.25, 0.3) is 0 Å². The molecule has 6 heteroatoms. The van der Waals surface area contributed by atoms with Crippen LogP contribution >= 0.6 is 0 Å². The van der Waals surface area contributed by atoms with Gasteiger partial charge in [0.15, 0.2) is 12.1 Å². The zero-order valence-corrected chi connectivity index (χ0v) is 10.1. The standard InChI is InChI=1S/C13H13F2NO3/c14-12-6-9(16-13(15)11(12)8-18)4-2-1-3-5-10(19)7-17/h3,5-6,8,17H,1-2,4,7H2/b5-3-. The molecular formula is C13H13F2NO3. The third-order valence-corrected chi connectivity index (χ3v) is 2.40. The van der Waals surface area contributed by atoms with Gasteiger partial charge in [-0.05, 0) is 31.4 Å². The van der Waals surface area contributed by atoms with Gasteiger partial charge in [-0.2, -0.15) is 4.39 Å². The summed E-state index contributed by atoms with van der Waals surface area (Å²) >= 11 is 0. The highest BCUT2D eigenvalue weighted by Crippen LogP contribution is 2.12. The van der Waals surface area contributed by atoms with E-state index in [9.17, 15) is 18.4 Å². The van der Waals surface area contributed by atoms with Crippen molar-refractivity contribution in [1.29, 1.82) is 0 Å². The number of allylic oxidation sites excluding steroid dienone is 1. The number of aldehydes is 1. The Morgan fingerprint density at radius 3 is 2.74 bits per heavy atom. The second-order valence-corrected chi connectivity index (χ2v) is 3.84. The Bertz CT molecular complexity index is 478. The molecule has 1 aromatic heterocycles. The smallest absolute Gasteiger partial charge is 0.226 e. The maximum atomic E-state index is 13.2. The Balaban J connectivity index is 2.53. The van der Waals surface area contributed by atoms with E-state index in [1.165, 1.54) is 6.08 Å². The van der Waals surface area contributed by atoms with Crippen LogP contribution in [-0.2, 0) is 11.2 Å². The van der Waals surface area contributed by atoms with Gasteiger partial charge in [-0.25, -0.2) is 9.37 Å². The van der Waals surface area contributed by atoms with Crippen molar-refractivity contribution >= 4 is 12.1 Å². The molecule has 4 nitrogen and oxygen atoms in total. The summed E-state index contributed by atoms with van der Waals surface area (Å²) in [7, 11) is 0. The van der Waals surface area contributed by atoms with Crippen molar-refractivity contribution < 1.29 is 23.5 Å². The number of pyridine rings is 1. The highest BCUT2D eigenvalue weighted by Gasteiger charge is 2.11. The number of unbranched alkanes of at least 4 members (excludes halogenated alkanes) is 1. The molecule has 0 aromatic carbocycles. The van der Waals surface area contributed by atoms with E-state index in [0.717, 1.165) is 6.07 Å². The van der Waals surface area contributed by atoms with Crippen molar-refractivity contribution in [1.82, 2.24) is 4.98 Å². The van der Waals surface area contributed by atoms with Crippen LogP contribution in [0.5, 0.6) is 0 Å². The Kier molecular flexibility index (Phi) is 5.95. The lowest BCUT2D eigenvalue weighted by Crippen LogP contribution is -2.02. The molecule has 0 spiro atoms. The summed E-state index contributed by atoms with van der Waals surface area (Å²) in [5.74, 6) is -2.44. The fourth-order valence-electron chi connectivity index (χ4n) is 1.44. The molecule has 0 bridgehead atoms. The number of carbonyl (C=O) groups is 2. The number of carbonyl (C=O) groups excluding carboxylic acids is 2. The summed E-state index contributed by atoms with van der Waals surface area (Å²) in [5, 5.41) is 8.46. The van der Waals surface area contributed by atoms with E-state index >= 15 is 0 Å². The van der Waals surface area contributed by atoms with E-state index in [4.69, 9.17) is 5.11 Å². The summed E-state index contributed by atoms with van der Waals surface area (Å²) in [6.07, 6.45) is 4.30. The monoisotopic (exact) mass is 269 g/mol. The highest BCUT2D eigenvalue weighted by molar-refractivity contribution is 5.90. The molecular weight excluding hydrogens is 256 g/mol.